The number of ether oxygens (including phenoxy) is 2. The van der Waals surface area contributed by atoms with Gasteiger partial charge in [0.2, 0.25) is 11.8 Å². The second-order valence-corrected chi connectivity index (χ2v) is 12.6. The van der Waals surface area contributed by atoms with Crippen molar-refractivity contribution in [2.45, 2.75) is 43.7 Å². The molecule has 0 aliphatic heterocycles. The lowest BCUT2D eigenvalue weighted by atomic mass is 10.0. The third kappa shape index (κ3) is 8.66. The van der Waals surface area contributed by atoms with E-state index in [4.69, 9.17) is 9.47 Å². The van der Waals surface area contributed by atoms with Gasteiger partial charge in [0.1, 0.15) is 24.1 Å². The molecule has 1 atom stereocenters. The summed E-state index contributed by atoms with van der Waals surface area (Å²) in [7, 11) is -1.35. The Morgan fingerprint density at radius 3 is 2.00 bits per heavy atom. The van der Waals surface area contributed by atoms with Gasteiger partial charge in [0.05, 0.1) is 24.8 Å². The number of nitrogens with zero attached hydrogens (tertiary/aromatic N) is 2. The zero-order valence-electron chi connectivity index (χ0n) is 26.5. The number of amides is 2. The number of sulfonamides is 1. The Labute approximate surface area is 271 Å². The minimum atomic E-state index is -4.29. The highest BCUT2D eigenvalue weighted by molar-refractivity contribution is 7.92. The van der Waals surface area contributed by atoms with Crippen LogP contribution in [0.25, 0.3) is 0 Å². The van der Waals surface area contributed by atoms with Crippen molar-refractivity contribution in [1.82, 2.24) is 10.2 Å². The smallest absolute Gasteiger partial charge is 0.264 e. The van der Waals surface area contributed by atoms with Crippen LogP contribution in [0.15, 0.2) is 114 Å². The van der Waals surface area contributed by atoms with Crippen molar-refractivity contribution in [2.24, 2.45) is 0 Å². The molecule has 0 unspecified atom stereocenters. The maximum absolute atomic E-state index is 14.6. The Hall–Kier alpha value is -4.83. The second kappa shape index (κ2) is 16.5. The topological polar surface area (TPSA) is 105 Å². The van der Waals surface area contributed by atoms with E-state index in [2.05, 4.69) is 5.32 Å². The van der Waals surface area contributed by atoms with Crippen molar-refractivity contribution in [2.75, 3.05) is 31.6 Å². The number of anilines is 1. The highest BCUT2D eigenvalue weighted by Crippen LogP contribution is 2.33. The molecule has 4 aromatic rings. The van der Waals surface area contributed by atoms with Crippen LogP contribution in [0, 0.1) is 0 Å². The Morgan fingerprint density at radius 1 is 0.783 bits per heavy atom. The minimum absolute atomic E-state index is 0.0280. The molecule has 4 rings (SSSR count). The standard InChI is InChI=1S/C36H41N3O6S/c1-4-5-24-37-36(41)33(25-28-14-8-6-9-15-28)38(26-29-16-10-7-11-17-29)35(40)27-39(32-18-12-13-19-34(32)45-3)46(42,43)31-22-20-30(44-2)21-23-31/h6-23,33H,4-5,24-27H2,1-3H3,(H,37,41)/t33-/m1/s1. The van der Waals surface area contributed by atoms with Gasteiger partial charge in [0.25, 0.3) is 10.0 Å². The molecule has 2 amide bonds. The van der Waals surface area contributed by atoms with Crippen LogP contribution < -0.4 is 19.1 Å². The lowest BCUT2D eigenvalue weighted by Crippen LogP contribution is -2.53. The summed E-state index contributed by atoms with van der Waals surface area (Å²) < 4.78 is 40.3. The molecule has 0 spiro atoms. The van der Waals surface area contributed by atoms with Crippen molar-refractivity contribution in [1.29, 1.82) is 0 Å². The molecule has 46 heavy (non-hydrogen) atoms. The van der Waals surface area contributed by atoms with Crippen molar-refractivity contribution in [3.8, 4) is 11.5 Å². The van der Waals surface area contributed by atoms with Gasteiger partial charge < -0.3 is 19.7 Å². The highest BCUT2D eigenvalue weighted by atomic mass is 32.2. The number of hydrogen-bond acceptors (Lipinski definition) is 6. The van der Waals surface area contributed by atoms with Gasteiger partial charge in [-0.25, -0.2) is 8.42 Å². The first kappa shape index (κ1) is 34.1. The summed E-state index contributed by atoms with van der Waals surface area (Å²) in [5.74, 6) is -0.0762. The Balaban J connectivity index is 1.80. The predicted molar refractivity (Wildman–Crippen MR) is 179 cm³/mol. The van der Waals surface area contributed by atoms with E-state index in [1.54, 1.807) is 36.4 Å². The number of unbranched alkanes of at least 4 members (excludes halogenated alkanes) is 1. The van der Waals surface area contributed by atoms with Gasteiger partial charge in [-0.1, -0.05) is 86.1 Å². The molecule has 1 N–H and O–H groups in total. The summed E-state index contributed by atoms with van der Waals surface area (Å²) in [5.41, 5.74) is 1.87. The van der Waals surface area contributed by atoms with Gasteiger partial charge in [-0.2, -0.15) is 0 Å². The normalized spacial score (nSPS) is 11.7. The monoisotopic (exact) mass is 643 g/mol. The average molecular weight is 644 g/mol. The van der Waals surface area contributed by atoms with Gasteiger partial charge in [-0.15, -0.1) is 0 Å². The van der Waals surface area contributed by atoms with Crippen LogP contribution in [0.2, 0.25) is 0 Å². The van der Waals surface area contributed by atoms with E-state index in [0.717, 1.165) is 28.3 Å². The van der Waals surface area contributed by atoms with Crippen molar-refractivity contribution >= 4 is 27.5 Å². The van der Waals surface area contributed by atoms with E-state index in [0.29, 0.717) is 12.3 Å². The van der Waals surface area contributed by atoms with Crippen molar-refractivity contribution < 1.29 is 27.5 Å². The molecule has 0 saturated heterocycles. The maximum atomic E-state index is 14.6. The molecule has 0 fully saturated rings. The van der Waals surface area contributed by atoms with E-state index in [1.807, 2.05) is 67.6 Å². The zero-order valence-corrected chi connectivity index (χ0v) is 27.3. The Morgan fingerprint density at radius 2 is 1.39 bits per heavy atom. The number of hydrogen-bond donors (Lipinski definition) is 1. The fourth-order valence-corrected chi connectivity index (χ4v) is 6.49. The van der Waals surface area contributed by atoms with Crippen molar-refractivity contribution in [3.63, 3.8) is 0 Å². The number of rotatable bonds is 16. The minimum Gasteiger partial charge on any atom is -0.497 e. The molecular formula is C36H41N3O6S. The zero-order chi connectivity index (χ0) is 32.9. The molecular weight excluding hydrogens is 602 g/mol. The van der Waals surface area contributed by atoms with Crippen LogP contribution in [0.5, 0.6) is 11.5 Å². The number of carbonyl (C=O) groups is 2. The molecule has 9 nitrogen and oxygen atoms in total. The fourth-order valence-electron chi connectivity index (χ4n) is 5.06. The number of benzene rings is 4. The first-order valence-electron chi connectivity index (χ1n) is 15.2. The van der Waals surface area contributed by atoms with Gasteiger partial charge in [0, 0.05) is 19.5 Å². The van der Waals surface area contributed by atoms with Crippen LogP contribution >= 0.6 is 0 Å². The summed E-state index contributed by atoms with van der Waals surface area (Å²) in [6, 6.07) is 30.5. The third-order valence-corrected chi connectivity index (χ3v) is 9.35. The van der Waals surface area contributed by atoms with Crippen LogP contribution in [0.1, 0.15) is 30.9 Å². The van der Waals surface area contributed by atoms with Gasteiger partial charge >= 0.3 is 0 Å². The van der Waals surface area contributed by atoms with Crippen molar-refractivity contribution in [3.05, 3.63) is 120 Å². The van der Waals surface area contributed by atoms with E-state index < -0.39 is 28.5 Å². The maximum Gasteiger partial charge on any atom is 0.264 e. The first-order valence-corrected chi connectivity index (χ1v) is 16.7. The summed E-state index contributed by atoms with van der Waals surface area (Å²) in [4.78, 5) is 29.8. The Kier molecular flexibility index (Phi) is 12.2. The van der Waals surface area contributed by atoms with Crippen LogP contribution in [0.4, 0.5) is 5.69 Å². The van der Waals surface area contributed by atoms with Gasteiger partial charge in [-0.05, 0) is 53.9 Å². The molecule has 0 radical (unpaired) electrons. The molecule has 0 heterocycles. The van der Waals surface area contributed by atoms with Crippen LogP contribution in [-0.4, -0.2) is 58.5 Å². The SMILES string of the molecule is CCCCNC(=O)[C@@H](Cc1ccccc1)N(Cc1ccccc1)C(=O)CN(c1ccccc1OC)S(=O)(=O)c1ccc(OC)cc1. The lowest BCUT2D eigenvalue weighted by molar-refractivity contribution is -0.140. The number of carbonyl (C=O) groups excluding carboxylic acids is 2. The summed E-state index contributed by atoms with van der Waals surface area (Å²) >= 11 is 0. The number of methoxy groups -OCH3 is 2. The summed E-state index contributed by atoms with van der Waals surface area (Å²) in [6.07, 6.45) is 1.93. The van der Waals surface area contributed by atoms with E-state index in [1.165, 1.54) is 31.3 Å². The lowest BCUT2D eigenvalue weighted by Gasteiger charge is -2.34. The fraction of sp³-hybridized carbons (Fsp3) is 0.278. The van der Waals surface area contributed by atoms with Crippen LogP contribution in [-0.2, 0) is 32.6 Å². The van der Waals surface area contributed by atoms with Crippen LogP contribution in [0.3, 0.4) is 0 Å². The van der Waals surface area contributed by atoms with E-state index in [9.17, 15) is 18.0 Å². The Bertz CT molecular complexity index is 1670. The van der Waals surface area contributed by atoms with Gasteiger partial charge in [0.15, 0.2) is 0 Å². The van der Waals surface area contributed by atoms with Gasteiger partial charge in [-0.3, -0.25) is 13.9 Å². The number of nitrogens with one attached hydrogen (secondary N) is 1. The molecule has 242 valence electrons. The third-order valence-electron chi connectivity index (χ3n) is 7.58. The predicted octanol–water partition coefficient (Wildman–Crippen LogP) is 5.46. The molecule has 0 saturated carbocycles. The highest BCUT2D eigenvalue weighted by Gasteiger charge is 2.35. The number of para-hydroxylation sites is 2. The summed E-state index contributed by atoms with van der Waals surface area (Å²) in [6.45, 7) is 2.03. The molecule has 0 aromatic heterocycles. The quantitative estimate of drug-likeness (QED) is 0.163. The van der Waals surface area contributed by atoms with E-state index >= 15 is 0 Å². The second-order valence-electron chi connectivity index (χ2n) is 10.7. The average Bonchev–Trinajstić information content (AvgIpc) is 3.09. The molecule has 0 bridgehead atoms. The first-order chi connectivity index (χ1) is 22.3. The molecule has 4 aromatic carbocycles. The molecule has 10 heteroatoms. The molecule has 0 aliphatic carbocycles. The largest absolute Gasteiger partial charge is 0.497 e. The molecule has 0 aliphatic rings. The van der Waals surface area contributed by atoms with E-state index in [-0.39, 0.29) is 35.2 Å². The summed E-state index contributed by atoms with van der Waals surface area (Å²) in [5, 5.41) is 3.00.